The second-order valence-electron chi connectivity index (χ2n) is 3.06. The first-order valence-electron chi connectivity index (χ1n) is 4.02. The Balaban J connectivity index is 2.41. The number of hydrogen-bond acceptors (Lipinski definition) is 5. The van der Waals surface area contributed by atoms with Gasteiger partial charge in [-0.05, 0) is 14.0 Å². The van der Waals surface area contributed by atoms with Crippen LogP contribution in [0.2, 0.25) is 0 Å². The molecule has 1 aromatic heterocycles. The molecule has 0 aromatic carbocycles. The van der Waals surface area contributed by atoms with Gasteiger partial charge in [0.1, 0.15) is 4.34 Å². The van der Waals surface area contributed by atoms with Gasteiger partial charge in [0.2, 0.25) is 0 Å². The molecule has 0 radical (unpaired) electrons. The lowest BCUT2D eigenvalue weighted by molar-refractivity contribution is 0.200. The summed E-state index contributed by atoms with van der Waals surface area (Å²) in [5.74, 6) is 0.827. The maximum atomic E-state index is 9.12. The number of thioether (sulfide) groups is 1. The molecule has 0 spiro atoms. The molecule has 1 atom stereocenters. The Hall–Kier alpha value is -0.100. The van der Waals surface area contributed by atoms with Crippen molar-refractivity contribution in [2.24, 2.45) is 0 Å². The molecule has 3 nitrogen and oxygen atoms in total. The van der Waals surface area contributed by atoms with Crippen molar-refractivity contribution in [1.29, 1.82) is 0 Å². The van der Waals surface area contributed by atoms with Crippen LogP contribution in [0.1, 0.15) is 6.92 Å². The molecule has 1 unspecified atom stereocenters. The topological polar surface area (TPSA) is 45.1 Å². The van der Waals surface area contributed by atoms with Crippen molar-refractivity contribution in [2.75, 3.05) is 19.4 Å². The summed E-state index contributed by atoms with van der Waals surface area (Å²) in [7, 11) is 1.86. The lowest BCUT2D eigenvalue weighted by atomic mass is 10.1. The molecule has 1 rings (SSSR count). The van der Waals surface area contributed by atoms with Gasteiger partial charge in [0.05, 0.1) is 6.61 Å². The van der Waals surface area contributed by atoms with Gasteiger partial charge in [-0.25, -0.2) is 4.98 Å². The minimum absolute atomic E-state index is 0.141. The number of hydrogen-bond donors (Lipinski definition) is 2. The van der Waals surface area contributed by atoms with E-state index in [1.54, 1.807) is 29.3 Å². The number of aliphatic hydroxyl groups excluding tert-OH is 1. The second kappa shape index (κ2) is 4.95. The fourth-order valence-electron chi connectivity index (χ4n) is 0.700. The highest BCUT2D eigenvalue weighted by Crippen LogP contribution is 2.23. The minimum atomic E-state index is -0.212. The number of nitrogens with zero attached hydrogens (tertiary/aromatic N) is 1. The molecular weight excluding hydrogens is 204 g/mol. The van der Waals surface area contributed by atoms with E-state index >= 15 is 0 Å². The van der Waals surface area contributed by atoms with Crippen LogP contribution in [0.25, 0.3) is 0 Å². The number of aliphatic hydroxyl groups is 1. The SMILES string of the molecule is CNC(C)(CO)CSc1nccs1. The third-order valence-corrected chi connectivity index (χ3v) is 4.22. The molecule has 1 heterocycles. The standard InChI is InChI=1S/C8H14N2OS2/c1-8(5-11,9-2)6-13-7-10-3-4-12-7/h3-4,9,11H,5-6H2,1-2H3. The molecule has 0 fully saturated rings. The van der Waals surface area contributed by atoms with Gasteiger partial charge in [-0.1, -0.05) is 11.8 Å². The van der Waals surface area contributed by atoms with Crippen molar-refractivity contribution in [3.63, 3.8) is 0 Å². The van der Waals surface area contributed by atoms with Gasteiger partial charge in [-0.15, -0.1) is 11.3 Å². The van der Waals surface area contributed by atoms with Gasteiger partial charge in [-0.3, -0.25) is 0 Å². The van der Waals surface area contributed by atoms with E-state index < -0.39 is 0 Å². The van der Waals surface area contributed by atoms with Crippen molar-refractivity contribution in [2.45, 2.75) is 16.8 Å². The van der Waals surface area contributed by atoms with Crippen LogP contribution in [0, 0.1) is 0 Å². The number of rotatable bonds is 5. The van der Waals surface area contributed by atoms with E-state index in [0.717, 1.165) is 10.1 Å². The van der Waals surface area contributed by atoms with E-state index in [1.165, 1.54) is 0 Å². The molecular formula is C8H14N2OS2. The monoisotopic (exact) mass is 218 g/mol. The molecule has 1 aromatic rings. The van der Waals surface area contributed by atoms with Crippen molar-refractivity contribution in [3.8, 4) is 0 Å². The zero-order valence-electron chi connectivity index (χ0n) is 7.78. The van der Waals surface area contributed by atoms with Crippen LogP contribution in [0.5, 0.6) is 0 Å². The van der Waals surface area contributed by atoms with Gasteiger partial charge in [0, 0.05) is 22.9 Å². The van der Waals surface area contributed by atoms with Crippen molar-refractivity contribution < 1.29 is 5.11 Å². The fourth-order valence-corrected chi connectivity index (χ4v) is 2.49. The first kappa shape index (κ1) is 11.0. The Kier molecular flexibility index (Phi) is 4.18. The number of thiazole rings is 1. The van der Waals surface area contributed by atoms with Crippen LogP contribution in [-0.4, -0.2) is 35.0 Å². The van der Waals surface area contributed by atoms with E-state index in [-0.39, 0.29) is 12.1 Å². The van der Waals surface area contributed by atoms with Crippen LogP contribution >= 0.6 is 23.1 Å². The Morgan fingerprint density at radius 2 is 2.54 bits per heavy atom. The molecule has 2 N–H and O–H groups in total. The highest BCUT2D eigenvalue weighted by Gasteiger charge is 2.21. The lowest BCUT2D eigenvalue weighted by Crippen LogP contribution is -2.45. The van der Waals surface area contributed by atoms with Gasteiger partial charge >= 0.3 is 0 Å². The van der Waals surface area contributed by atoms with Crippen LogP contribution in [0.15, 0.2) is 15.9 Å². The molecule has 0 aliphatic rings. The van der Waals surface area contributed by atoms with Crippen molar-refractivity contribution >= 4 is 23.1 Å². The molecule has 0 aliphatic carbocycles. The summed E-state index contributed by atoms with van der Waals surface area (Å²) < 4.78 is 1.05. The number of aromatic nitrogens is 1. The summed E-state index contributed by atoms with van der Waals surface area (Å²) in [5, 5.41) is 14.2. The minimum Gasteiger partial charge on any atom is -0.394 e. The average Bonchev–Trinajstić information content (AvgIpc) is 2.67. The Labute approximate surface area is 86.6 Å². The Bertz CT molecular complexity index is 234. The largest absolute Gasteiger partial charge is 0.394 e. The third kappa shape index (κ3) is 3.27. The Morgan fingerprint density at radius 3 is 3.00 bits per heavy atom. The maximum Gasteiger partial charge on any atom is 0.149 e. The van der Waals surface area contributed by atoms with Gasteiger partial charge in [-0.2, -0.15) is 0 Å². The molecule has 0 amide bonds. The molecule has 74 valence electrons. The predicted octanol–water partition coefficient (Wildman–Crippen LogP) is 1.21. The normalized spacial score (nSPS) is 15.6. The first-order chi connectivity index (χ1) is 6.20. The van der Waals surface area contributed by atoms with Crippen LogP contribution in [-0.2, 0) is 0 Å². The Morgan fingerprint density at radius 1 is 1.77 bits per heavy atom. The van der Waals surface area contributed by atoms with Gasteiger partial charge < -0.3 is 10.4 Å². The van der Waals surface area contributed by atoms with Crippen LogP contribution < -0.4 is 5.32 Å². The van der Waals surface area contributed by atoms with E-state index in [2.05, 4.69) is 10.3 Å². The summed E-state index contributed by atoms with van der Waals surface area (Å²) in [6.45, 7) is 2.13. The highest BCUT2D eigenvalue weighted by molar-refractivity contribution is 8.01. The fraction of sp³-hybridized carbons (Fsp3) is 0.625. The summed E-state index contributed by atoms with van der Waals surface area (Å²) in [5.41, 5.74) is -0.212. The van der Waals surface area contributed by atoms with Crippen molar-refractivity contribution in [3.05, 3.63) is 11.6 Å². The third-order valence-electron chi connectivity index (χ3n) is 1.88. The molecule has 0 bridgehead atoms. The number of likely N-dealkylation sites (N-methyl/N-ethyl adjacent to an activating group) is 1. The van der Waals surface area contributed by atoms with E-state index in [4.69, 9.17) is 5.11 Å². The molecule has 5 heteroatoms. The van der Waals surface area contributed by atoms with E-state index in [9.17, 15) is 0 Å². The second-order valence-corrected chi connectivity index (χ2v) is 5.17. The average molecular weight is 218 g/mol. The molecule has 0 aliphatic heterocycles. The summed E-state index contributed by atoms with van der Waals surface area (Å²) in [6, 6.07) is 0. The number of nitrogens with one attached hydrogen (secondary N) is 1. The smallest absolute Gasteiger partial charge is 0.149 e. The molecule has 0 saturated heterocycles. The zero-order chi connectivity index (χ0) is 9.73. The quantitative estimate of drug-likeness (QED) is 0.729. The van der Waals surface area contributed by atoms with Crippen molar-refractivity contribution in [1.82, 2.24) is 10.3 Å². The zero-order valence-corrected chi connectivity index (χ0v) is 9.41. The van der Waals surface area contributed by atoms with Crippen LogP contribution in [0.4, 0.5) is 0 Å². The van der Waals surface area contributed by atoms with Gasteiger partial charge in [0.25, 0.3) is 0 Å². The first-order valence-corrected chi connectivity index (χ1v) is 5.89. The van der Waals surface area contributed by atoms with E-state index in [1.807, 2.05) is 19.4 Å². The van der Waals surface area contributed by atoms with Gasteiger partial charge in [0.15, 0.2) is 0 Å². The van der Waals surface area contributed by atoms with E-state index in [0.29, 0.717) is 0 Å². The molecule has 13 heavy (non-hydrogen) atoms. The lowest BCUT2D eigenvalue weighted by Gasteiger charge is -2.25. The highest BCUT2D eigenvalue weighted by atomic mass is 32.2. The maximum absolute atomic E-state index is 9.12. The van der Waals surface area contributed by atoms with Crippen LogP contribution in [0.3, 0.4) is 0 Å². The predicted molar refractivity (Wildman–Crippen MR) is 57.4 cm³/mol. The summed E-state index contributed by atoms with van der Waals surface area (Å²) in [4.78, 5) is 4.16. The summed E-state index contributed by atoms with van der Waals surface area (Å²) in [6.07, 6.45) is 1.79. The molecule has 0 saturated carbocycles. The summed E-state index contributed by atoms with van der Waals surface area (Å²) >= 11 is 3.30.